The Morgan fingerprint density at radius 2 is 1.86 bits per heavy atom. The predicted octanol–water partition coefficient (Wildman–Crippen LogP) is 1.62. The number of carbonyl (C=O) groups is 2. The van der Waals surface area contributed by atoms with E-state index >= 15 is 0 Å². The first kappa shape index (κ1) is 13.9. The second-order valence-corrected chi connectivity index (χ2v) is 5.66. The summed E-state index contributed by atoms with van der Waals surface area (Å²) in [6.07, 6.45) is 0.975. The van der Waals surface area contributed by atoms with Gasteiger partial charge in [-0.1, -0.05) is 18.2 Å². The SMILES string of the molecule is O=C(O)C1(F)CCN(C(=O)C2(Oc3ccccc3)CC2)C1. The van der Waals surface area contributed by atoms with Crippen LogP contribution in [0.25, 0.3) is 0 Å². The molecule has 0 spiro atoms. The van der Waals surface area contributed by atoms with E-state index in [2.05, 4.69) is 0 Å². The molecule has 1 aliphatic carbocycles. The molecule has 1 saturated carbocycles. The summed E-state index contributed by atoms with van der Waals surface area (Å²) in [6, 6.07) is 8.98. The normalized spacial score (nSPS) is 26.4. The van der Waals surface area contributed by atoms with E-state index in [1.807, 2.05) is 18.2 Å². The minimum atomic E-state index is -2.33. The Kier molecular flexibility index (Phi) is 3.11. The highest BCUT2D eigenvalue weighted by Crippen LogP contribution is 2.43. The quantitative estimate of drug-likeness (QED) is 0.916. The number of rotatable bonds is 4. The van der Waals surface area contributed by atoms with Crippen LogP contribution in [0.15, 0.2) is 30.3 Å². The van der Waals surface area contributed by atoms with Gasteiger partial charge in [-0.15, -0.1) is 0 Å². The molecular weight excluding hydrogens is 277 g/mol. The molecule has 0 aromatic heterocycles. The molecule has 5 nitrogen and oxygen atoms in total. The molecule has 1 atom stereocenters. The standard InChI is InChI=1S/C15H16FNO4/c16-14(13(19)20)8-9-17(10-14)12(18)15(6-7-15)21-11-4-2-1-3-5-11/h1-5H,6-10H2,(H,19,20). The molecule has 1 N–H and O–H groups in total. The monoisotopic (exact) mass is 293 g/mol. The Morgan fingerprint density at radius 3 is 2.38 bits per heavy atom. The Hall–Kier alpha value is -2.11. The van der Waals surface area contributed by atoms with Crippen LogP contribution < -0.4 is 4.74 Å². The predicted molar refractivity (Wildman–Crippen MR) is 71.7 cm³/mol. The molecule has 1 heterocycles. The number of amides is 1. The lowest BCUT2D eigenvalue weighted by atomic mass is 10.1. The van der Waals surface area contributed by atoms with Crippen LogP contribution >= 0.6 is 0 Å². The van der Waals surface area contributed by atoms with Gasteiger partial charge in [-0.2, -0.15) is 0 Å². The van der Waals surface area contributed by atoms with Gasteiger partial charge in [-0.05, 0) is 12.1 Å². The van der Waals surface area contributed by atoms with Crippen LogP contribution in [0.2, 0.25) is 0 Å². The number of benzene rings is 1. The Labute approximate surface area is 121 Å². The van der Waals surface area contributed by atoms with Gasteiger partial charge in [0.25, 0.3) is 5.91 Å². The maximum atomic E-state index is 14.0. The van der Waals surface area contributed by atoms with E-state index in [1.165, 1.54) is 4.90 Å². The summed E-state index contributed by atoms with van der Waals surface area (Å²) in [6.45, 7) is -0.289. The van der Waals surface area contributed by atoms with Crippen molar-refractivity contribution in [2.75, 3.05) is 13.1 Å². The molecule has 1 saturated heterocycles. The first-order valence-electron chi connectivity index (χ1n) is 6.91. The van der Waals surface area contributed by atoms with Gasteiger partial charge in [0.2, 0.25) is 5.67 Å². The highest BCUT2D eigenvalue weighted by molar-refractivity contribution is 5.90. The van der Waals surface area contributed by atoms with E-state index in [0.717, 1.165) is 0 Å². The summed E-state index contributed by atoms with van der Waals surface area (Å²) >= 11 is 0. The zero-order valence-electron chi connectivity index (χ0n) is 11.4. The molecule has 6 heteroatoms. The average Bonchev–Trinajstić information content (AvgIpc) is 3.13. The van der Waals surface area contributed by atoms with E-state index in [-0.39, 0.29) is 18.9 Å². The summed E-state index contributed by atoms with van der Waals surface area (Å²) < 4.78 is 19.8. The maximum Gasteiger partial charge on any atom is 0.343 e. The molecule has 1 aliphatic heterocycles. The van der Waals surface area contributed by atoms with Gasteiger partial charge in [0.15, 0.2) is 5.60 Å². The fraction of sp³-hybridized carbons (Fsp3) is 0.467. The Bertz CT molecular complexity index is 572. The Morgan fingerprint density at radius 1 is 1.19 bits per heavy atom. The van der Waals surface area contributed by atoms with E-state index in [9.17, 15) is 14.0 Å². The van der Waals surface area contributed by atoms with Gasteiger partial charge in [0, 0.05) is 25.8 Å². The summed E-state index contributed by atoms with van der Waals surface area (Å²) in [7, 11) is 0. The zero-order chi connectivity index (χ0) is 15.1. The molecule has 1 aromatic carbocycles. The van der Waals surface area contributed by atoms with Crippen molar-refractivity contribution in [3.8, 4) is 5.75 Å². The summed E-state index contributed by atoms with van der Waals surface area (Å²) in [5.74, 6) is -1.23. The number of nitrogens with zero attached hydrogens (tertiary/aromatic N) is 1. The van der Waals surface area contributed by atoms with Crippen LogP contribution in [-0.2, 0) is 9.59 Å². The lowest BCUT2D eigenvalue weighted by Crippen LogP contribution is -2.45. The number of para-hydroxylation sites is 1. The van der Waals surface area contributed by atoms with Gasteiger partial charge < -0.3 is 14.7 Å². The minimum absolute atomic E-state index is 0.113. The summed E-state index contributed by atoms with van der Waals surface area (Å²) in [5.41, 5.74) is -3.27. The van der Waals surface area contributed by atoms with Crippen molar-refractivity contribution in [1.29, 1.82) is 0 Å². The first-order valence-corrected chi connectivity index (χ1v) is 6.91. The molecule has 112 valence electrons. The lowest BCUT2D eigenvalue weighted by molar-refractivity contribution is -0.151. The topological polar surface area (TPSA) is 66.8 Å². The van der Waals surface area contributed by atoms with Crippen LogP contribution in [0.3, 0.4) is 0 Å². The molecule has 1 aromatic rings. The number of hydrogen-bond acceptors (Lipinski definition) is 3. The van der Waals surface area contributed by atoms with Crippen LogP contribution in [0.1, 0.15) is 19.3 Å². The highest BCUT2D eigenvalue weighted by atomic mass is 19.1. The third-order valence-electron chi connectivity index (χ3n) is 4.04. The van der Waals surface area contributed by atoms with Crippen molar-refractivity contribution >= 4 is 11.9 Å². The van der Waals surface area contributed by atoms with Crippen LogP contribution in [0.4, 0.5) is 4.39 Å². The maximum absolute atomic E-state index is 14.0. The third-order valence-corrected chi connectivity index (χ3v) is 4.04. The second-order valence-electron chi connectivity index (χ2n) is 5.66. The van der Waals surface area contributed by atoms with E-state index < -0.39 is 23.8 Å². The van der Waals surface area contributed by atoms with Crippen molar-refractivity contribution in [1.82, 2.24) is 4.90 Å². The molecule has 21 heavy (non-hydrogen) atoms. The van der Waals surface area contributed by atoms with E-state index in [1.54, 1.807) is 12.1 Å². The van der Waals surface area contributed by atoms with Crippen molar-refractivity contribution in [2.45, 2.75) is 30.5 Å². The summed E-state index contributed by atoms with van der Waals surface area (Å²) in [5, 5.41) is 8.88. The molecule has 0 bridgehead atoms. The van der Waals surface area contributed by atoms with Crippen LogP contribution in [0.5, 0.6) is 5.75 Å². The highest BCUT2D eigenvalue weighted by Gasteiger charge is 2.58. The number of likely N-dealkylation sites (tertiary alicyclic amines) is 1. The van der Waals surface area contributed by atoms with Gasteiger partial charge in [0.1, 0.15) is 5.75 Å². The van der Waals surface area contributed by atoms with Crippen molar-refractivity contribution in [3.05, 3.63) is 30.3 Å². The van der Waals surface area contributed by atoms with Crippen LogP contribution in [-0.4, -0.2) is 46.2 Å². The molecule has 2 fully saturated rings. The van der Waals surface area contributed by atoms with E-state index in [0.29, 0.717) is 18.6 Å². The number of carboxylic acids is 1. The van der Waals surface area contributed by atoms with Gasteiger partial charge in [-0.25, -0.2) is 9.18 Å². The fourth-order valence-corrected chi connectivity index (χ4v) is 2.60. The molecule has 0 radical (unpaired) electrons. The number of hydrogen-bond donors (Lipinski definition) is 1. The number of carboxylic acid groups (broad SMARTS) is 1. The number of aliphatic carboxylic acids is 1. The molecule has 3 rings (SSSR count). The van der Waals surface area contributed by atoms with Gasteiger partial charge in [0.05, 0.1) is 6.54 Å². The first-order chi connectivity index (χ1) is 9.95. The average molecular weight is 293 g/mol. The zero-order valence-corrected chi connectivity index (χ0v) is 11.4. The number of carbonyl (C=O) groups excluding carboxylic acids is 1. The molecular formula is C15H16FNO4. The third kappa shape index (κ3) is 2.46. The largest absolute Gasteiger partial charge is 0.479 e. The number of halogens is 1. The van der Waals surface area contributed by atoms with Gasteiger partial charge >= 0.3 is 5.97 Å². The lowest BCUT2D eigenvalue weighted by Gasteiger charge is -2.24. The second kappa shape index (κ2) is 4.72. The number of alkyl halides is 1. The summed E-state index contributed by atoms with van der Waals surface area (Å²) in [4.78, 5) is 24.7. The Balaban J connectivity index is 1.70. The fourth-order valence-electron chi connectivity index (χ4n) is 2.60. The van der Waals surface area contributed by atoms with Gasteiger partial charge in [-0.3, -0.25) is 4.79 Å². The van der Waals surface area contributed by atoms with Crippen molar-refractivity contribution in [3.63, 3.8) is 0 Å². The van der Waals surface area contributed by atoms with Crippen molar-refractivity contribution < 1.29 is 23.8 Å². The molecule has 1 unspecified atom stereocenters. The smallest absolute Gasteiger partial charge is 0.343 e. The number of ether oxygens (including phenoxy) is 1. The molecule has 2 aliphatic rings. The minimum Gasteiger partial charge on any atom is -0.479 e. The van der Waals surface area contributed by atoms with Crippen LogP contribution in [0, 0.1) is 0 Å². The molecule has 1 amide bonds. The van der Waals surface area contributed by atoms with Crippen molar-refractivity contribution in [2.24, 2.45) is 0 Å². The van der Waals surface area contributed by atoms with E-state index in [4.69, 9.17) is 9.84 Å².